The van der Waals surface area contributed by atoms with E-state index in [0.717, 1.165) is 17.5 Å². The Bertz CT molecular complexity index is 563. The largest absolute Gasteiger partial charge is 0.408 e. The summed E-state index contributed by atoms with van der Waals surface area (Å²) in [4.78, 5) is 12.4. The highest BCUT2D eigenvalue weighted by Gasteiger charge is 2.32. The molecule has 0 bridgehead atoms. The van der Waals surface area contributed by atoms with E-state index in [0.29, 0.717) is 30.2 Å². The summed E-state index contributed by atoms with van der Waals surface area (Å²) in [5, 5.41) is 6.84. The van der Waals surface area contributed by atoms with Gasteiger partial charge in [0.05, 0.1) is 24.3 Å². The average molecular weight is 333 g/mol. The highest BCUT2D eigenvalue weighted by atomic mass is 19.4. The molecule has 0 spiro atoms. The third-order valence-electron chi connectivity index (χ3n) is 4.10. The van der Waals surface area contributed by atoms with Crippen LogP contribution in [0.1, 0.15) is 42.6 Å². The SMILES string of the molecule is Cc1nn(CC(F)(F)F)c(C)c1[C@@H](C)C(=O)N[C@H]1CCCOC1. The Morgan fingerprint density at radius 2 is 2.17 bits per heavy atom. The van der Waals surface area contributed by atoms with E-state index < -0.39 is 18.6 Å². The van der Waals surface area contributed by atoms with Crippen LogP contribution in [-0.2, 0) is 16.1 Å². The second-order valence-corrected chi connectivity index (χ2v) is 6.00. The van der Waals surface area contributed by atoms with Gasteiger partial charge in [0.15, 0.2) is 0 Å². The Morgan fingerprint density at radius 1 is 1.48 bits per heavy atom. The number of carbonyl (C=O) groups excluding carboxylic acids is 1. The van der Waals surface area contributed by atoms with Crippen LogP contribution in [0.2, 0.25) is 0 Å². The molecule has 0 aromatic carbocycles. The van der Waals surface area contributed by atoms with Crippen LogP contribution < -0.4 is 5.32 Å². The molecule has 130 valence electrons. The molecule has 0 saturated carbocycles. The van der Waals surface area contributed by atoms with Crippen molar-refractivity contribution >= 4 is 5.91 Å². The molecule has 0 aliphatic carbocycles. The van der Waals surface area contributed by atoms with E-state index in [4.69, 9.17) is 4.74 Å². The number of halogens is 3. The van der Waals surface area contributed by atoms with Crippen molar-refractivity contribution in [2.75, 3.05) is 13.2 Å². The number of hydrogen-bond donors (Lipinski definition) is 1. The predicted octanol–water partition coefficient (Wildman–Crippen LogP) is 2.46. The maximum atomic E-state index is 12.6. The Balaban J connectivity index is 2.11. The molecule has 1 amide bonds. The van der Waals surface area contributed by atoms with Crippen molar-refractivity contribution in [3.63, 3.8) is 0 Å². The van der Waals surface area contributed by atoms with Gasteiger partial charge in [0.2, 0.25) is 5.91 Å². The minimum Gasteiger partial charge on any atom is -0.379 e. The predicted molar refractivity (Wildman–Crippen MR) is 78.2 cm³/mol. The Morgan fingerprint density at radius 3 is 2.74 bits per heavy atom. The highest BCUT2D eigenvalue weighted by molar-refractivity contribution is 5.84. The normalized spacial score (nSPS) is 20.3. The van der Waals surface area contributed by atoms with Crippen molar-refractivity contribution < 1.29 is 22.7 Å². The summed E-state index contributed by atoms with van der Waals surface area (Å²) in [6.07, 6.45) is -2.60. The van der Waals surface area contributed by atoms with Crippen molar-refractivity contribution in [1.82, 2.24) is 15.1 Å². The van der Waals surface area contributed by atoms with Crippen LogP contribution in [0.3, 0.4) is 0 Å². The third-order valence-corrected chi connectivity index (χ3v) is 4.10. The Hall–Kier alpha value is -1.57. The van der Waals surface area contributed by atoms with Crippen molar-refractivity contribution in [3.05, 3.63) is 17.0 Å². The molecule has 1 aliphatic heterocycles. The van der Waals surface area contributed by atoms with Gasteiger partial charge < -0.3 is 10.1 Å². The Labute approximate surface area is 133 Å². The monoisotopic (exact) mass is 333 g/mol. The topological polar surface area (TPSA) is 56.2 Å². The van der Waals surface area contributed by atoms with E-state index in [-0.39, 0.29) is 11.9 Å². The summed E-state index contributed by atoms with van der Waals surface area (Å²) >= 11 is 0. The molecule has 23 heavy (non-hydrogen) atoms. The number of aryl methyl sites for hydroxylation is 1. The van der Waals surface area contributed by atoms with Gasteiger partial charge in [-0.05, 0) is 33.6 Å². The van der Waals surface area contributed by atoms with Crippen LogP contribution in [0.15, 0.2) is 0 Å². The lowest BCUT2D eigenvalue weighted by Crippen LogP contribution is -2.42. The van der Waals surface area contributed by atoms with Gasteiger partial charge in [0.1, 0.15) is 6.54 Å². The number of carbonyl (C=O) groups is 1. The molecule has 1 aromatic heterocycles. The Kier molecular flexibility index (Phi) is 5.33. The van der Waals surface area contributed by atoms with E-state index in [1.54, 1.807) is 20.8 Å². The molecule has 1 fully saturated rings. The number of hydrogen-bond acceptors (Lipinski definition) is 3. The lowest BCUT2D eigenvalue weighted by molar-refractivity contribution is -0.143. The number of nitrogens with one attached hydrogen (secondary N) is 1. The number of amides is 1. The maximum Gasteiger partial charge on any atom is 0.408 e. The summed E-state index contributed by atoms with van der Waals surface area (Å²) in [7, 11) is 0. The molecule has 1 saturated heterocycles. The van der Waals surface area contributed by atoms with Gasteiger partial charge in [-0.15, -0.1) is 0 Å². The number of nitrogens with zero attached hydrogens (tertiary/aromatic N) is 2. The highest BCUT2D eigenvalue weighted by Crippen LogP contribution is 2.26. The second-order valence-electron chi connectivity index (χ2n) is 6.00. The summed E-state index contributed by atoms with van der Waals surface area (Å²) in [6, 6.07) is -0.0375. The van der Waals surface area contributed by atoms with Crippen LogP contribution in [0.5, 0.6) is 0 Å². The summed E-state index contributed by atoms with van der Waals surface area (Å²) < 4.78 is 44.0. The molecule has 1 aromatic rings. The first-order chi connectivity index (χ1) is 10.7. The molecule has 5 nitrogen and oxygen atoms in total. The van der Waals surface area contributed by atoms with Gasteiger partial charge in [0, 0.05) is 17.9 Å². The molecule has 1 aliphatic rings. The molecule has 1 N–H and O–H groups in total. The van der Waals surface area contributed by atoms with E-state index in [2.05, 4.69) is 10.4 Å². The van der Waals surface area contributed by atoms with E-state index in [1.165, 1.54) is 0 Å². The lowest BCUT2D eigenvalue weighted by atomic mass is 9.97. The van der Waals surface area contributed by atoms with Gasteiger partial charge in [-0.25, -0.2) is 0 Å². The molecule has 2 rings (SSSR count). The fraction of sp³-hybridized carbons (Fsp3) is 0.733. The summed E-state index contributed by atoms with van der Waals surface area (Å²) in [5.41, 5.74) is 1.39. The molecule has 0 radical (unpaired) electrons. The number of aromatic nitrogens is 2. The maximum absolute atomic E-state index is 12.6. The van der Waals surface area contributed by atoms with Gasteiger partial charge in [-0.1, -0.05) is 0 Å². The first-order valence-electron chi connectivity index (χ1n) is 7.68. The van der Waals surface area contributed by atoms with Gasteiger partial charge in [-0.2, -0.15) is 18.3 Å². The number of alkyl halides is 3. The van der Waals surface area contributed by atoms with E-state index in [1.807, 2.05) is 0 Å². The third kappa shape index (κ3) is 4.46. The zero-order valence-corrected chi connectivity index (χ0v) is 13.5. The quantitative estimate of drug-likeness (QED) is 0.921. The molecular weight excluding hydrogens is 311 g/mol. The molecule has 8 heteroatoms. The first kappa shape index (κ1) is 17.8. The zero-order valence-electron chi connectivity index (χ0n) is 13.5. The average Bonchev–Trinajstić information content (AvgIpc) is 2.71. The van der Waals surface area contributed by atoms with Crippen molar-refractivity contribution in [3.8, 4) is 0 Å². The number of ether oxygens (including phenoxy) is 1. The molecule has 2 atom stereocenters. The standard InChI is InChI=1S/C15H22F3N3O2/c1-9(14(22)19-12-5-4-6-23-7-12)13-10(2)20-21(11(13)3)8-15(16,17)18/h9,12H,4-8H2,1-3H3,(H,19,22)/t9-,12+/m1/s1. The second kappa shape index (κ2) is 6.90. The molecule has 0 unspecified atom stereocenters. The summed E-state index contributed by atoms with van der Waals surface area (Å²) in [6.45, 7) is 4.91. The fourth-order valence-corrected chi connectivity index (χ4v) is 2.97. The smallest absolute Gasteiger partial charge is 0.379 e. The fourth-order valence-electron chi connectivity index (χ4n) is 2.97. The van der Waals surface area contributed by atoms with Crippen LogP contribution in [-0.4, -0.2) is 41.1 Å². The van der Waals surface area contributed by atoms with Gasteiger partial charge in [-0.3, -0.25) is 9.48 Å². The van der Waals surface area contributed by atoms with Gasteiger partial charge in [0.25, 0.3) is 0 Å². The molecular formula is C15H22F3N3O2. The molecule has 2 heterocycles. The van der Waals surface area contributed by atoms with E-state index in [9.17, 15) is 18.0 Å². The van der Waals surface area contributed by atoms with Gasteiger partial charge >= 0.3 is 6.18 Å². The lowest BCUT2D eigenvalue weighted by Gasteiger charge is -2.24. The summed E-state index contributed by atoms with van der Waals surface area (Å²) in [5.74, 6) is -0.767. The van der Waals surface area contributed by atoms with E-state index >= 15 is 0 Å². The van der Waals surface area contributed by atoms with Crippen LogP contribution in [0.25, 0.3) is 0 Å². The van der Waals surface area contributed by atoms with Crippen LogP contribution in [0.4, 0.5) is 13.2 Å². The first-order valence-corrected chi connectivity index (χ1v) is 7.68. The van der Waals surface area contributed by atoms with Crippen molar-refractivity contribution in [1.29, 1.82) is 0 Å². The van der Waals surface area contributed by atoms with Crippen molar-refractivity contribution in [2.45, 2.75) is 58.3 Å². The van der Waals surface area contributed by atoms with Crippen molar-refractivity contribution in [2.24, 2.45) is 0 Å². The number of rotatable bonds is 4. The minimum atomic E-state index is -4.34. The van der Waals surface area contributed by atoms with Crippen LogP contribution >= 0.6 is 0 Å². The minimum absolute atomic E-state index is 0.0375. The van der Waals surface area contributed by atoms with Crippen LogP contribution in [0, 0.1) is 13.8 Å². The zero-order chi connectivity index (χ0) is 17.2.